The van der Waals surface area contributed by atoms with Crippen LogP contribution in [0.25, 0.3) is 0 Å². The topological polar surface area (TPSA) is 79.8 Å². The van der Waals surface area contributed by atoms with Gasteiger partial charge in [0.05, 0.1) is 29.6 Å². The minimum Gasteiger partial charge on any atom is -0.362 e. The van der Waals surface area contributed by atoms with Gasteiger partial charge in [-0.3, -0.25) is 14.8 Å². The van der Waals surface area contributed by atoms with E-state index in [0.717, 1.165) is 17.8 Å². The number of carbonyl (C=O) groups excluding carboxylic acids is 1. The van der Waals surface area contributed by atoms with E-state index in [4.69, 9.17) is 11.6 Å². The Morgan fingerprint density at radius 1 is 1.10 bits per heavy atom. The highest BCUT2D eigenvalue weighted by molar-refractivity contribution is 6.29. The number of halogens is 4. The molecule has 0 saturated heterocycles. The largest absolute Gasteiger partial charge is 0.417 e. The van der Waals surface area contributed by atoms with Crippen molar-refractivity contribution in [1.29, 1.82) is 0 Å². The van der Waals surface area contributed by atoms with Gasteiger partial charge in [0.15, 0.2) is 0 Å². The number of amides is 1. The van der Waals surface area contributed by atoms with Crippen LogP contribution in [0.15, 0.2) is 55.1 Å². The van der Waals surface area contributed by atoms with E-state index in [2.05, 4.69) is 25.6 Å². The molecule has 10 heteroatoms. The third-order valence-electron chi connectivity index (χ3n) is 3.94. The molecule has 0 saturated carbocycles. The van der Waals surface area contributed by atoms with Crippen molar-refractivity contribution >= 4 is 29.0 Å². The average molecular weight is 422 g/mol. The number of benzene rings is 1. The molecule has 0 spiro atoms. The van der Waals surface area contributed by atoms with E-state index in [0.29, 0.717) is 17.7 Å². The molecule has 1 aromatic carbocycles. The van der Waals surface area contributed by atoms with E-state index in [1.165, 1.54) is 12.4 Å². The van der Waals surface area contributed by atoms with Gasteiger partial charge in [-0.25, -0.2) is 4.98 Å². The molecule has 0 aliphatic carbocycles. The highest BCUT2D eigenvalue weighted by Crippen LogP contribution is 2.29. The summed E-state index contributed by atoms with van der Waals surface area (Å²) in [5.74, 6) is -0.212. The van der Waals surface area contributed by atoms with Gasteiger partial charge in [-0.1, -0.05) is 23.7 Å². The molecule has 0 fully saturated rings. The maximum atomic E-state index is 12.8. The number of nitrogens with zero attached hydrogens (tertiary/aromatic N) is 3. The fourth-order valence-corrected chi connectivity index (χ4v) is 2.67. The van der Waals surface area contributed by atoms with Crippen molar-refractivity contribution in [2.24, 2.45) is 0 Å². The number of nitrogens with one attached hydrogen (secondary N) is 2. The molecule has 2 heterocycles. The van der Waals surface area contributed by atoms with Crippen molar-refractivity contribution in [3.8, 4) is 0 Å². The lowest BCUT2D eigenvalue weighted by molar-refractivity contribution is -0.137. The summed E-state index contributed by atoms with van der Waals surface area (Å²) in [6.45, 7) is 1.88. The van der Waals surface area contributed by atoms with Gasteiger partial charge in [-0.15, -0.1) is 0 Å². The second-order valence-electron chi connectivity index (χ2n) is 6.13. The van der Waals surface area contributed by atoms with Gasteiger partial charge >= 0.3 is 6.18 Å². The van der Waals surface area contributed by atoms with Crippen LogP contribution >= 0.6 is 11.6 Å². The van der Waals surface area contributed by atoms with Crippen molar-refractivity contribution in [3.63, 3.8) is 0 Å². The predicted molar refractivity (Wildman–Crippen MR) is 103 cm³/mol. The van der Waals surface area contributed by atoms with Crippen LogP contribution in [-0.2, 0) is 6.18 Å². The molecule has 1 atom stereocenters. The Morgan fingerprint density at radius 2 is 1.86 bits per heavy atom. The van der Waals surface area contributed by atoms with E-state index >= 15 is 0 Å². The number of anilines is 2. The highest BCUT2D eigenvalue weighted by atomic mass is 35.5. The number of hydrogen-bond donors (Lipinski definition) is 2. The van der Waals surface area contributed by atoms with Crippen molar-refractivity contribution in [1.82, 2.24) is 15.0 Å². The Bertz CT molecular complexity index is 1030. The summed E-state index contributed by atoms with van der Waals surface area (Å²) in [4.78, 5) is 23.9. The van der Waals surface area contributed by atoms with Crippen LogP contribution in [-0.4, -0.2) is 20.9 Å². The molecule has 3 rings (SSSR count). The van der Waals surface area contributed by atoms with Crippen LogP contribution in [0.1, 0.15) is 34.5 Å². The molecule has 0 aliphatic heterocycles. The number of pyridine rings is 1. The molecule has 0 aliphatic rings. The quantitative estimate of drug-likeness (QED) is 0.608. The Balaban J connectivity index is 1.73. The van der Waals surface area contributed by atoms with Crippen LogP contribution in [0.5, 0.6) is 0 Å². The standard InChI is InChI=1S/C19H15ClF3N5O/c1-11(26-17-10-25-9-16(20)28-17)12-3-2-4-15(6-12)27-18(29)13-5-14(8-24-7-13)19(21,22)23/h2-11H,1H3,(H,26,28)(H,27,29)/t11-/m0/s1. The summed E-state index contributed by atoms with van der Waals surface area (Å²) in [5.41, 5.74) is 0.0624. The SMILES string of the molecule is C[C@H](Nc1cncc(Cl)n1)c1cccc(NC(=O)c2cncc(C(F)(F)F)c2)c1. The third kappa shape index (κ3) is 5.41. The number of hydrogen-bond acceptors (Lipinski definition) is 5. The van der Waals surface area contributed by atoms with E-state index in [1.54, 1.807) is 18.2 Å². The summed E-state index contributed by atoms with van der Waals surface area (Å²) in [5, 5.41) is 5.96. The van der Waals surface area contributed by atoms with Crippen molar-refractivity contribution < 1.29 is 18.0 Å². The van der Waals surface area contributed by atoms with E-state index in [-0.39, 0.29) is 16.8 Å². The first-order valence-corrected chi connectivity index (χ1v) is 8.78. The monoisotopic (exact) mass is 421 g/mol. The average Bonchev–Trinajstić information content (AvgIpc) is 2.67. The Morgan fingerprint density at radius 3 is 2.59 bits per heavy atom. The molecule has 0 radical (unpaired) electrons. The minimum atomic E-state index is -4.58. The number of alkyl halides is 3. The van der Waals surface area contributed by atoms with Gasteiger partial charge in [0, 0.05) is 18.1 Å². The molecule has 6 nitrogen and oxygen atoms in total. The third-order valence-corrected chi connectivity index (χ3v) is 4.12. The molecule has 2 aromatic heterocycles. The van der Waals surface area contributed by atoms with Crippen LogP contribution < -0.4 is 10.6 Å². The Hall–Kier alpha value is -3.20. The fraction of sp³-hybridized carbons (Fsp3) is 0.158. The fourth-order valence-electron chi connectivity index (χ4n) is 2.53. The second-order valence-corrected chi connectivity index (χ2v) is 6.52. The van der Waals surface area contributed by atoms with Gasteiger partial charge in [0.1, 0.15) is 11.0 Å². The van der Waals surface area contributed by atoms with Crippen molar-refractivity contribution in [2.45, 2.75) is 19.1 Å². The van der Waals surface area contributed by atoms with E-state index in [1.807, 2.05) is 13.0 Å². The summed E-state index contributed by atoms with van der Waals surface area (Å²) < 4.78 is 38.4. The Kier molecular flexibility index (Phi) is 5.97. The van der Waals surface area contributed by atoms with Crippen molar-refractivity contribution in [2.75, 3.05) is 10.6 Å². The van der Waals surface area contributed by atoms with Gasteiger partial charge < -0.3 is 10.6 Å². The summed E-state index contributed by atoms with van der Waals surface area (Å²) in [6, 6.07) is 7.45. The maximum Gasteiger partial charge on any atom is 0.417 e. The first-order valence-electron chi connectivity index (χ1n) is 8.40. The first kappa shape index (κ1) is 20.5. The molecule has 0 unspecified atom stereocenters. The van der Waals surface area contributed by atoms with E-state index < -0.39 is 17.6 Å². The van der Waals surface area contributed by atoms with Crippen LogP contribution in [0.3, 0.4) is 0 Å². The van der Waals surface area contributed by atoms with Crippen LogP contribution in [0.2, 0.25) is 5.15 Å². The Labute approximate surface area is 169 Å². The lowest BCUT2D eigenvalue weighted by Gasteiger charge is -2.16. The second kappa shape index (κ2) is 8.44. The first-order chi connectivity index (χ1) is 13.7. The number of aromatic nitrogens is 3. The van der Waals surface area contributed by atoms with Crippen LogP contribution in [0, 0.1) is 0 Å². The molecular formula is C19H15ClF3N5O. The van der Waals surface area contributed by atoms with Gasteiger partial charge in [-0.2, -0.15) is 13.2 Å². The molecule has 0 bridgehead atoms. The predicted octanol–water partition coefficient (Wildman–Crippen LogP) is 4.97. The van der Waals surface area contributed by atoms with Crippen LogP contribution in [0.4, 0.5) is 24.7 Å². The zero-order chi connectivity index (χ0) is 21.0. The van der Waals surface area contributed by atoms with E-state index in [9.17, 15) is 18.0 Å². The molecule has 3 aromatic rings. The smallest absolute Gasteiger partial charge is 0.362 e. The summed E-state index contributed by atoms with van der Waals surface area (Å²) in [6.07, 6.45) is 0.109. The summed E-state index contributed by atoms with van der Waals surface area (Å²) in [7, 11) is 0. The number of rotatable bonds is 5. The lowest BCUT2D eigenvalue weighted by Crippen LogP contribution is -2.15. The highest BCUT2D eigenvalue weighted by Gasteiger charge is 2.31. The lowest BCUT2D eigenvalue weighted by atomic mass is 10.1. The molecule has 2 N–H and O–H groups in total. The molecule has 29 heavy (non-hydrogen) atoms. The molecule has 1 amide bonds. The van der Waals surface area contributed by atoms with Gasteiger partial charge in [-0.05, 0) is 30.7 Å². The normalized spacial score (nSPS) is 12.3. The van der Waals surface area contributed by atoms with Gasteiger partial charge in [0.2, 0.25) is 0 Å². The van der Waals surface area contributed by atoms with Crippen molar-refractivity contribution in [3.05, 3.63) is 77.0 Å². The molecule has 150 valence electrons. The zero-order valence-electron chi connectivity index (χ0n) is 15.0. The summed E-state index contributed by atoms with van der Waals surface area (Å²) >= 11 is 5.82. The minimum absolute atomic E-state index is 0.189. The zero-order valence-corrected chi connectivity index (χ0v) is 15.8. The number of carbonyl (C=O) groups is 1. The maximum absolute atomic E-state index is 12.8. The van der Waals surface area contributed by atoms with Gasteiger partial charge in [0.25, 0.3) is 5.91 Å². The molecular weight excluding hydrogens is 407 g/mol.